The highest BCUT2D eigenvalue weighted by Crippen LogP contribution is 2.32. The lowest BCUT2D eigenvalue weighted by molar-refractivity contribution is 0.298. The van der Waals surface area contributed by atoms with Crippen molar-refractivity contribution in [2.45, 2.75) is 20.5 Å². The minimum atomic E-state index is -0.201. The first kappa shape index (κ1) is 19.6. The molecular formula is C24H18Cl2O3. The minimum absolute atomic E-state index is 0.165. The Balaban J connectivity index is 1.85. The summed E-state index contributed by atoms with van der Waals surface area (Å²) in [5, 5.41) is 1.40. The second kappa shape index (κ2) is 7.94. The van der Waals surface area contributed by atoms with Gasteiger partial charge in [-0.15, -0.1) is 0 Å². The highest BCUT2D eigenvalue weighted by atomic mass is 35.5. The van der Waals surface area contributed by atoms with Gasteiger partial charge in [0.05, 0.1) is 15.4 Å². The Labute approximate surface area is 178 Å². The zero-order valence-electron chi connectivity index (χ0n) is 16.0. The smallest absolute Gasteiger partial charge is 0.235 e. The Morgan fingerprint density at radius 2 is 1.62 bits per heavy atom. The maximum atomic E-state index is 13.3. The molecule has 0 N–H and O–H groups in total. The van der Waals surface area contributed by atoms with E-state index in [0.717, 1.165) is 22.3 Å². The Bertz CT molecular complexity index is 1260. The van der Waals surface area contributed by atoms with Crippen LogP contribution in [0.1, 0.15) is 16.7 Å². The summed E-state index contributed by atoms with van der Waals surface area (Å²) in [6.07, 6.45) is 0. The lowest BCUT2D eigenvalue weighted by atomic mass is 10.0. The van der Waals surface area contributed by atoms with E-state index < -0.39 is 0 Å². The van der Waals surface area contributed by atoms with Crippen molar-refractivity contribution >= 4 is 34.2 Å². The van der Waals surface area contributed by atoms with Crippen molar-refractivity contribution in [1.82, 2.24) is 0 Å². The van der Waals surface area contributed by atoms with Crippen LogP contribution in [0.4, 0.5) is 0 Å². The van der Waals surface area contributed by atoms with Gasteiger partial charge < -0.3 is 9.15 Å². The fourth-order valence-corrected chi connectivity index (χ4v) is 3.45. The molecule has 5 heteroatoms. The largest absolute Gasteiger partial charge is 0.481 e. The van der Waals surface area contributed by atoms with Gasteiger partial charge in [-0.3, -0.25) is 4.79 Å². The van der Waals surface area contributed by atoms with Crippen molar-refractivity contribution in [2.75, 3.05) is 0 Å². The van der Waals surface area contributed by atoms with E-state index in [1.807, 2.05) is 62.4 Å². The number of fused-ring (bicyclic) bond motifs is 1. The van der Waals surface area contributed by atoms with Crippen LogP contribution in [0.5, 0.6) is 5.75 Å². The average Bonchev–Trinajstić information content (AvgIpc) is 2.72. The molecule has 0 atom stereocenters. The molecule has 0 radical (unpaired) electrons. The molecule has 3 aromatic carbocycles. The van der Waals surface area contributed by atoms with Crippen molar-refractivity contribution in [3.05, 3.63) is 97.6 Å². The summed E-state index contributed by atoms with van der Waals surface area (Å²) in [7, 11) is 0. The van der Waals surface area contributed by atoms with Crippen molar-refractivity contribution in [1.29, 1.82) is 0 Å². The van der Waals surface area contributed by atoms with Crippen molar-refractivity contribution in [3.63, 3.8) is 0 Å². The normalized spacial score (nSPS) is 11.0. The number of aryl methyl sites for hydroxylation is 2. The Morgan fingerprint density at radius 3 is 2.34 bits per heavy atom. The molecule has 0 aliphatic heterocycles. The second-order valence-electron chi connectivity index (χ2n) is 6.93. The van der Waals surface area contributed by atoms with E-state index in [9.17, 15) is 4.79 Å². The van der Waals surface area contributed by atoms with Crippen LogP contribution < -0.4 is 10.2 Å². The summed E-state index contributed by atoms with van der Waals surface area (Å²) in [6.45, 7) is 4.12. The summed E-state index contributed by atoms with van der Waals surface area (Å²) in [6, 6.07) is 18.4. The number of hydrogen-bond acceptors (Lipinski definition) is 3. The molecular weight excluding hydrogens is 407 g/mol. The van der Waals surface area contributed by atoms with E-state index in [0.29, 0.717) is 26.8 Å². The van der Waals surface area contributed by atoms with Gasteiger partial charge in [0.1, 0.15) is 12.2 Å². The SMILES string of the molecule is Cc1cc2oc(-c3ccccc3)c(OCc3ccc(Cl)c(Cl)c3)c(=O)c2cc1C. The van der Waals surface area contributed by atoms with Crippen LogP contribution in [0.2, 0.25) is 10.0 Å². The van der Waals surface area contributed by atoms with Gasteiger partial charge in [0.25, 0.3) is 0 Å². The molecule has 1 aromatic heterocycles. The lowest BCUT2D eigenvalue weighted by Crippen LogP contribution is -2.10. The third-order valence-electron chi connectivity index (χ3n) is 4.87. The predicted molar refractivity (Wildman–Crippen MR) is 118 cm³/mol. The molecule has 146 valence electrons. The minimum Gasteiger partial charge on any atom is -0.481 e. The molecule has 0 bridgehead atoms. The molecule has 0 fully saturated rings. The summed E-state index contributed by atoms with van der Waals surface area (Å²) < 4.78 is 12.1. The molecule has 29 heavy (non-hydrogen) atoms. The predicted octanol–water partition coefficient (Wildman–Crippen LogP) is 6.96. The highest BCUT2D eigenvalue weighted by molar-refractivity contribution is 6.42. The first-order valence-corrected chi connectivity index (χ1v) is 9.90. The van der Waals surface area contributed by atoms with Gasteiger partial charge in [0, 0.05) is 5.56 Å². The van der Waals surface area contributed by atoms with E-state index in [4.69, 9.17) is 32.4 Å². The fraction of sp³-hybridized carbons (Fsp3) is 0.125. The Kier molecular flexibility index (Phi) is 5.35. The van der Waals surface area contributed by atoms with Crippen LogP contribution in [0, 0.1) is 13.8 Å². The van der Waals surface area contributed by atoms with Gasteiger partial charge in [-0.1, -0.05) is 59.6 Å². The molecule has 0 spiro atoms. The van der Waals surface area contributed by atoms with Crippen molar-refractivity contribution < 1.29 is 9.15 Å². The summed E-state index contributed by atoms with van der Waals surface area (Å²) in [5.74, 6) is 0.587. The molecule has 4 rings (SSSR count). The van der Waals surface area contributed by atoms with E-state index >= 15 is 0 Å². The van der Waals surface area contributed by atoms with Gasteiger partial charge in [-0.2, -0.15) is 0 Å². The third kappa shape index (κ3) is 3.89. The Morgan fingerprint density at radius 1 is 0.897 bits per heavy atom. The van der Waals surface area contributed by atoms with E-state index in [2.05, 4.69) is 0 Å². The maximum Gasteiger partial charge on any atom is 0.235 e. The third-order valence-corrected chi connectivity index (χ3v) is 5.61. The van der Waals surface area contributed by atoms with Crippen LogP contribution in [0.3, 0.4) is 0 Å². The zero-order valence-corrected chi connectivity index (χ0v) is 17.5. The van der Waals surface area contributed by atoms with Gasteiger partial charge in [0.2, 0.25) is 11.2 Å². The van der Waals surface area contributed by atoms with Crippen molar-refractivity contribution in [2.24, 2.45) is 0 Å². The van der Waals surface area contributed by atoms with E-state index in [1.165, 1.54) is 0 Å². The number of ether oxygens (including phenoxy) is 1. The van der Waals surface area contributed by atoms with E-state index in [1.54, 1.807) is 12.1 Å². The second-order valence-corrected chi connectivity index (χ2v) is 7.74. The first-order valence-electron chi connectivity index (χ1n) is 9.14. The molecule has 3 nitrogen and oxygen atoms in total. The van der Waals surface area contributed by atoms with Crippen LogP contribution in [-0.4, -0.2) is 0 Å². The van der Waals surface area contributed by atoms with Crippen LogP contribution >= 0.6 is 23.2 Å². The zero-order chi connectivity index (χ0) is 20.5. The van der Waals surface area contributed by atoms with Gasteiger partial charge in [-0.05, 0) is 54.8 Å². The molecule has 0 saturated carbocycles. The number of benzene rings is 3. The van der Waals surface area contributed by atoms with Crippen LogP contribution in [0.25, 0.3) is 22.3 Å². The topological polar surface area (TPSA) is 39.4 Å². The molecule has 0 saturated heterocycles. The lowest BCUT2D eigenvalue weighted by Gasteiger charge is -2.13. The maximum absolute atomic E-state index is 13.3. The molecule has 1 heterocycles. The average molecular weight is 425 g/mol. The summed E-state index contributed by atoms with van der Waals surface area (Å²) in [5.41, 5.74) is 4.00. The van der Waals surface area contributed by atoms with Gasteiger partial charge in [0.15, 0.2) is 5.76 Å². The van der Waals surface area contributed by atoms with Gasteiger partial charge >= 0.3 is 0 Å². The molecule has 0 aliphatic carbocycles. The van der Waals surface area contributed by atoms with Crippen LogP contribution in [-0.2, 0) is 6.61 Å². The first-order chi connectivity index (χ1) is 13.9. The standard InChI is InChI=1S/C24H18Cl2O3/c1-14-10-18-21(11-15(14)2)29-23(17-6-4-3-5-7-17)24(22(18)27)28-13-16-8-9-19(25)20(26)12-16/h3-12H,13H2,1-2H3. The number of halogens is 2. The molecule has 4 aromatic rings. The Hall–Kier alpha value is -2.75. The fourth-order valence-electron chi connectivity index (χ4n) is 3.13. The number of rotatable bonds is 4. The van der Waals surface area contributed by atoms with Gasteiger partial charge in [-0.25, -0.2) is 0 Å². The summed E-state index contributed by atoms with van der Waals surface area (Å²) >= 11 is 12.1. The van der Waals surface area contributed by atoms with Crippen molar-refractivity contribution in [3.8, 4) is 17.1 Å². The summed E-state index contributed by atoms with van der Waals surface area (Å²) in [4.78, 5) is 13.3. The highest BCUT2D eigenvalue weighted by Gasteiger charge is 2.18. The molecule has 0 amide bonds. The molecule has 0 unspecified atom stereocenters. The quantitative estimate of drug-likeness (QED) is 0.355. The van der Waals surface area contributed by atoms with E-state index in [-0.39, 0.29) is 17.8 Å². The van der Waals surface area contributed by atoms with Crippen LogP contribution in [0.15, 0.2) is 69.9 Å². The monoisotopic (exact) mass is 424 g/mol. The number of hydrogen-bond donors (Lipinski definition) is 0. The molecule has 0 aliphatic rings.